The van der Waals surface area contributed by atoms with Gasteiger partial charge in [0.15, 0.2) is 0 Å². The van der Waals surface area contributed by atoms with Crippen molar-refractivity contribution < 1.29 is 14.4 Å². The summed E-state index contributed by atoms with van der Waals surface area (Å²) < 4.78 is 0. The minimum Gasteiger partial charge on any atom is -0.319 e. The van der Waals surface area contributed by atoms with Crippen molar-refractivity contribution >= 4 is 23.5 Å². The molecule has 2 aromatic rings. The number of nitrogens with zero attached hydrogens (tertiary/aromatic N) is 2. The van der Waals surface area contributed by atoms with Gasteiger partial charge in [-0.2, -0.15) is 0 Å². The predicted octanol–water partition coefficient (Wildman–Crippen LogP) is 3.85. The van der Waals surface area contributed by atoms with Crippen LogP contribution in [-0.4, -0.2) is 35.3 Å². The van der Waals surface area contributed by atoms with Crippen LogP contribution in [0, 0.1) is 0 Å². The van der Waals surface area contributed by atoms with Crippen molar-refractivity contribution in [2.75, 3.05) is 11.4 Å². The van der Waals surface area contributed by atoms with Gasteiger partial charge in [0.1, 0.15) is 12.1 Å². The molecule has 0 radical (unpaired) electrons. The van der Waals surface area contributed by atoms with E-state index in [0.717, 1.165) is 23.4 Å². The van der Waals surface area contributed by atoms with Crippen molar-refractivity contribution in [1.82, 2.24) is 10.2 Å². The number of aryl methyl sites for hydroxylation is 1. The summed E-state index contributed by atoms with van der Waals surface area (Å²) in [7, 11) is 0. The van der Waals surface area contributed by atoms with Crippen LogP contribution in [0.5, 0.6) is 0 Å². The maximum atomic E-state index is 13.2. The topological polar surface area (TPSA) is 69.7 Å². The molecule has 0 aromatic heterocycles. The van der Waals surface area contributed by atoms with Crippen molar-refractivity contribution in [2.24, 2.45) is 0 Å². The molecular weight excluding hydrogens is 378 g/mol. The highest BCUT2D eigenvalue weighted by molar-refractivity contribution is 6.10. The van der Waals surface area contributed by atoms with Crippen molar-refractivity contribution in [3.8, 4) is 0 Å². The molecule has 0 saturated carbocycles. The van der Waals surface area contributed by atoms with Crippen LogP contribution in [0.2, 0.25) is 0 Å². The average molecular weight is 408 g/mol. The lowest BCUT2D eigenvalue weighted by Crippen LogP contribution is -2.46. The van der Waals surface area contributed by atoms with E-state index in [-0.39, 0.29) is 18.5 Å². The fourth-order valence-corrected chi connectivity index (χ4v) is 3.86. The Labute approximate surface area is 177 Å². The summed E-state index contributed by atoms with van der Waals surface area (Å²) in [5, 5.41) is 2.78. The molecule has 30 heavy (non-hydrogen) atoms. The van der Waals surface area contributed by atoms with Crippen LogP contribution in [0.15, 0.2) is 54.6 Å². The van der Waals surface area contributed by atoms with E-state index in [2.05, 4.69) is 12.2 Å². The number of para-hydroxylation sites is 1. The zero-order valence-electron chi connectivity index (χ0n) is 18.0. The number of amides is 4. The highest BCUT2D eigenvalue weighted by atomic mass is 16.2. The first-order valence-electron chi connectivity index (χ1n) is 10.4. The Kier molecular flexibility index (Phi) is 6.25. The molecule has 158 valence electrons. The lowest BCUT2D eigenvalue weighted by atomic mass is 9.91. The van der Waals surface area contributed by atoms with Crippen LogP contribution in [0.4, 0.5) is 10.5 Å². The normalized spacial score (nSPS) is 18.6. The van der Waals surface area contributed by atoms with Gasteiger partial charge in [0.05, 0.1) is 0 Å². The van der Waals surface area contributed by atoms with Crippen LogP contribution in [0.1, 0.15) is 45.2 Å². The molecule has 1 saturated heterocycles. The number of nitrogens with one attached hydrogen (secondary N) is 1. The number of carbonyl (C=O) groups is 3. The van der Waals surface area contributed by atoms with Crippen LogP contribution in [-0.2, 0) is 21.5 Å². The van der Waals surface area contributed by atoms with Gasteiger partial charge in [0.25, 0.3) is 5.91 Å². The Morgan fingerprint density at radius 3 is 2.27 bits per heavy atom. The first kappa shape index (κ1) is 21.6. The Morgan fingerprint density at radius 2 is 1.70 bits per heavy atom. The SMILES string of the molecule is CCCc1ccc([C@]2(C)NC(=O)N(CC(=O)N(c3ccccc3)C(C)C)C2=O)cc1. The Hall–Kier alpha value is -3.15. The second-order valence-corrected chi connectivity index (χ2v) is 8.09. The number of urea groups is 1. The molecule has 0 bridgehead atoms. The van der Waals surface area contributed by atoms with Crippen LogP contribution >= 0.6 is 0 Å². The Morgan fingerprint density at radius 1 is 1.07 bits per heavy atom. The number of hydrogen-bond acceptors (Lipinski definition) is 3. The zero-order chi connectivity index (χ0) is 21.9. The van der Waals surface area contributed by atoms with E-state index in [1.165, 1.54) is 5.56 Å². The minimum absolute atomic E-state index is 0.113. The molecule has 2 aromatic carbocycles. The van der Waals surface area contributed by atoms with Gasteiger partial charge in [-0.1, -0.05) is 55.8 Å². The van der Waals surface area contributed by atoms with E-state index in [1.54, 1.807) is 11.8 Å². The minimum atomic E-state index is -1.18. The summed E-state index contributed by atoms with van der Waals surface area (Å²) in [6, 6.07) is 16.3. The molecule has 4 amide bonds. The van der Waals surface area contributed by atoms with Crippen LogP contribution in [0.3, 0.4) is 0 Å². The van der Waals surface area contributed by atoms with Crippen LogP contribution < -0.4 is 10.2 Å². The van der Waals surface area contributed by atoms with Crippen molar-refractivity contribution in [3.63, 3.8) is 0 Å². The summed E-state index contributed by atoms with van der Waals surface area (Å²) in [4.78, 5) is 41.5. The molecular formula is C24H29N3O3. The van der Waals surface area contributed by atoms with Gasteiger partial charge >= 0.3 is 6.03 Å². The van der Waals surface area contributed by atoms with Crippen molar-refractivity contribution in [2.45, 2.75) is 52.1 Å². The third-order valence-corrected chi connectivity index (χ3v) is 5.46. The molecule has 0 aliphatic carbocycles. The van der Waals surface area contributed by atoms with E-state index >= 15 is 0 Å². The molecule has 1 aliphatic rings. The van der Waals surface area contributed by atoms with Gasteiger partial charge in [-0.05, 0) is 50.5 Å². The number of benzene rings is 2. The number of hydrogen-bond donors (Lipinski definition) is 1. The van der Waals surface area contributed by atoms with Crippen molar-refractivity contribution in [3.05, 3.63) is 65.7 Å². The average Bonchev–Trinajstić information content (AvgIpc) is 2.93. The summed E-state index contributed by atoms with van der Waals surface area (Å²) in [5.74, 6) is -0.719. The second kappa shape index (κ2) is 8.69. The standard InChI is InChI=1S/C24H29N3O3/c1-5-9-18-12-14-19(15-13-18)24(4)22(29)26(23(30)25-24)16-21(28)27(17(2)3)20-10-7-6-8-11-20/h6-8,10-15,17H,5,9,16H2,1-4H3,(H,25,30)/t24-/m0/s1. The summed E-state index contributed by atoms with van der Waals surface area (Å²) in [6.07, 6.45) is 2.00. The van der Waals surface area contributed by atoms with E-state index in [0.29, 0.717) is 5.56 Å². The van der Waals surface area contributed by atoms with Gasteiger partial charge < -0.3 is 10.2 Å². The quantitative estimate of drug-likeness (QED) is 0.709. The first-order valence-corrected chi connectivity index (χ1v) is 10.4. The molecule has 1 heterocycles. The summed E-state index contributed by atoms with van der Waals surface area (Å²) >= 11 is 0. The fourth-order valence-electron chi connectivity index (χ4n) is 3.86. The van der Waals surface area contributed by atoms with E-state index < -0.39 is 17.5 Å². The third kappa shape index (κ3) is 4.08. The number of rotatable bonds is 7. The monoisotopic (exact) mass is 407 g/mol. The third-order valence-electron chi connectivity index (χ3n) is 5.46. The fraction of sp³-hybridized carbons (Fsp3) is 0.375. The van der Waals surface area contributed by atoms with E-state index in [1.807, 2.05) is 68.4 Å². The largest absolute Gasteiger partial charge is 0.325 e. The predicted molar refractivity (Wildman–Crippen MR) is 117 cm³/mol. The van der Waals surface area contributed by atoms with Gasteiger partial charge in [-0.3, -0.25) is 14.5 Å². The molecule has 0 unspecified atom stereocenters. The van der Waals surface area contributed by atoms with Gasteiger partial charge in [0.2, 0.25) is 5.91 Å². The first-order chi connectivity index (χ1) is 14.3. The van der Waals surface area contributed by atoms with Crippen LogP contribution in [0.25, 0.3) is 0 Å². The maximum absolute atomic E-state index is 13.2. The summed E-state index contributed by atoms with van der Waals surface area (Å²) in [6.45, 7) is 7.30. The molecule has 3 rings (SSSR count). The summed E-state index contributed by atoms with van der Waals surface area (Å²) in [5.41, 5.74) is 1.44. The molecule has 0 spiro atoms. The Bertz CT molecular complexity index is 924. The number of carbonyl (C=O) groups excluding carboxylic acids is 3. The number of anilines is 1. The number of imide groups is 1. The highest BCUT2D eigenvalue weighted by Crippen LogP contribution is 2.29. The molecule has 1 N–H and O–H groups in total. The molecule has 6 nitrogen and oxygen atoms in total. The Balaban J connectivity index is 1.81. The van der Waals surface area contributed by atoms with Gasteiger partial charge in [-0.15, -0.1) is 0 Å². The van der Waals surface area contributed by atoms with Gasteiger partial charge in [-0.25, -0.2) is 4.79 Å². The lowest BCUT2D eigenvalue weighted by Gasteiger charge is -2.28. The highest BCUT2D eigenvalue weighted by Gasteiger charge is 2.49. The zero-order valence-corrected chi connectivity index (χ0v) is 18.0. The van der Waals surface area contributed by atoms with E-state index in [9.17, 15) is 14.4 Å². The van der Waals surface area contributed by atoms with E-state index in [4.69, 9.17) is 0 Å². The smallest absolute Gasteiger partial charge is 0.319 e. The molecule has 1 atom stereocenters. The maximum Gasteiger partial charge on any atom is 0.325 e. The molecule has 1 fully saturated rings. The van der Waals surface area contributed by atoms with Gasteiger partial charge in [0, 0.05) is 11.7 Å². The molecule has 6 heteroatoms. The lowest BCUT2D eigenvalue weighted by molar-refractivity contribution is -0.134. The molecule has 1 aliphatic heterocycles. The van der Waals surface area contributed by atoms with Crippen molar-refractivity contribution in [1.29, 1.82) is 0 Å². The second-order valence-electron chi connectivity index (χ2n) is 8.09.